The maximum Gasteiger partial charge on any atom is 0.166 e. The van der Waals surface area contributed by atoms with Gasteiger partial charge < -0.3 is 4.57 Å². The first-order valence-corrected chi connectivity index (χ1v) is 19.5. The number of para-hydroxylation sites is 2. The summed E-state index contributed by atoms with van der Waals surface area (Å²) in [7, 11) is 0. The zero-order valence-electron chi connectivity index (χ0n) is 29.9. The van der Waals surface area contributed by atoms with Gasteiger partial charge in [0.05, 0.1) is 16.7 Å². The molecule has 10 aromatic rings. The smallest absolute Gasteiger partial charge is 0.166 e. The van der Waals surface area contributed by atoms with Crippen LogP contribution in [0.3, 0.4) is 0 Å². The molecule has 0 atom stereocenters. The van der Waals surface area contributed by atoms with Gasteiger partial charge in [-0.1, -0.05) is 141 Å². The van der Waals surface area contributed by atoms with Crippen LogP contribution in [0, 0.1) is 0 Å². The maximum atomic E-state index is 5.14. The molecule has 7 aromatic carbocycles. The van der Waals surface area contributed by atoms with Gasteiger partial charge in [-0.25, -0.2) is 15.0 Å². The van der Waals surface area contributed by atoms with E-state index >= 15 is 0 Å². The summed E-state index contributed by atoms with van der Waals surface area (Å²) < 4.78 is 5.06. The van der Waals surface area contributed by atoms with Crippen LogP contribution in [0.4, 0.5) is 0 Å². The van der Waals surface area contributed by atoms with Crippen LogP contribution in [-0.2, 0) is 6.42 Å². The Bertz CT molecular complexity index is 2920. The van der Waals surface area contributed by atoms with E-state index in [1.807, 2.05) is 47.7 Å². The van der Waals surface area contributed by atoms with E-state index in [0.717, 1.165) is 39.8 Å². The number of hydrogen-bond donors (Lipinski definition) is 0. The predicted molar refractivity (Wildman–Crippen MR) is 227 cm³/mol. The number of benzene rings is 7. The highest BCUT2D eigenvalue weighted by molar-refractivity contribution is 7.26. The molecule has 0 amide bonds. The van der Waals surface area contributed by atoms with Crippen molar-refractivity contribution in [2.75, 3.05) is 0 Å². The quantitative estimate of drug-likeness (QED) is 0.158. The molecule has 5 heteroatoms. The Labute approximate surface area is 318 Å². The topological polar surface area (TPSA) is 43.6 Å². The van der Waals surface area contributed by atoms with E-state index < -0.39 is 0 Å². The number of nitrogens with zero attached hydrogens (tertiary/aromatic N) is 4. The highest BCUT2D eigenvalue weighted by Crippen LogP contribution is 2.43. The zero-order chi connectivity index (χ0) is 36.0. The lowest BCUT2D eigenvalue weighted by Crippen LogP contribution is -2.03. The molecule has 0 spiro atoms. The van der Waals surface area contributed by atoms with Gasteiger partial charge in [-0.05, 0) is 65.9 Å². The molecule has 3 heterocycles. The second kappa shape index (κ2) is 13.5. The van der Waals surface area contributed by atoms with Crippen LogP contribution in [0.5, 0.6) is 0 Å². The molecule has 0 N–H and O–H groups in total. The molecule has 0 fully saturated rings. The Hall–Kier alpha value is -6.43. The molecule has 0 radical (unpaired) electrons. The minimum absolute atomic E-state index is 0.633. The number of unbranched alkanes of at least 4 members (excludes halogenated alkanes) is 1. The van der Waals surface area contributed by atoms with E-state index in [-0.39, 0.29) is 0 Å². The minimum atomic E-state index is 0.633. The SMILES string of the molecule is CCCCc1ccc2sc3c(-c4ccc5c6ccccc6n(-c6ccccc6-c6nc(-c7ccccc7)nc(-c7ccccc7)n6)c5c4)cccc3c2c1. The van der Waals surface area contributed by atoms with Gasteiger partial charge in [0.15, 0.2) is 17.5 Å². The van der Waals surface area contributed by atoms with E-state index in [4.69, 9.17) is 15.0 Å². The summed E-state index contributed by atoms with van der Waals surface area (Å²) in [6.45, 7) is 2.26. The fraction of sp³-hybridized carbons (Fsp3) is 0.0816. The van der Waals surface area contributed by atoms with E-state index in [9.17, 15) is 0 Å². The van der Waals surface area contributed by atoms with Crippen LogP contribution >= 0.6 is 11.3 Å². The Morgan fingerprint density at radius 3 is 1.91 bits per heavy atom. The number of fused-ring (bicyclic) bond motifs is 6. The highest BCUT2D eigenvalue weighted by atomic mass is 32.1. The molecule has 54 heavy (non-hydrogen) atoms. The van der Waals surface area contributed by atoms with E-state index in [1.165, 1.54) is 60.5 Å². The number of aryl methyl sites for hydroxylation is 1. The minimum Gasteiger partial charge on any atom is -0.308 e. The summed E-state index contributed by atoms with van der Waals surface area (Å²) in [4.78, 5) is 15.2. The maximum absolute atomic E-state index is 5.14. The normalized spacial score (nSPS) is 11.6. The van der Waals surface area contributed by atoms with E-state index in [1.54, 1.807) is 0 Å². The number of rotatable bonds is 8. The van der Waals surface area contributed by atoms with Gasteiger partial charge in [0.1, 0.15) is 0 Å². The third kappa shape index (κ3) is 5.56. The molecule has 0 saturated heterocycles. The van der Waals surface area contributed by atoms with Crippen LogP contribution in [-0.4, -0.2) is 19.5 Å². The molecule has 0 aliphatic heterocycles. The second-order valence-corrected chi connectivity index (χ2v) is 14.9. The van der Waals surface area contributed by atoms with Crippen LogP contribution in [0.25, 0.3) is 93.0 Å². The number of hydrogen-bond acceptors (Lipinski definition) is 4. The lowest BCUT2D eigenvalue weighted by Gasteiger charge is -2.15. The Kier molecular flexibility index (Phi) is 8.07. The lowest BCUT2D eigenvalue weighted by molar-refractivity contribution is 0.796. The predicted octanol–water partition coefficient (Wildman–Crippen LogP) is 13.3. The van der Waals surface area contributed by atoms with Crippen LogP contribution in [0.15, 0.2) is 164 Å². The molecule has 0 bridgehead atoms. The van der Waals surface area contributed by atoms with Crippen molar-refractivity contribution in [3.8, 4) is 51.0 Å². The third-order valence-corrected chi connectivity index (χ3v) is 11.7. The third-order valence-electron chi connectivity index (χ3n) is 10.5. The van der Waals surface area contributed by atoms with Crippen molar-refractivity contribution in [1.29, 1.82) is 0 Å². The number of thiophene rings is 1. The Morgan fingerprint density at radius 1 is 0.481 bits per heavy atom. The first-order valence-electron chi connectivity index (χ1n) is 18.7. The molecule has 0 unspecified atom stereocenters. The monoisotopic (exact) mass is 712 g/mol. The molecule has 3 aromatic heterocycles. The summed E-state index contributed by atoms with van der Waals surface area (Å²) >= 11 is 1.90. The van der Waals surface area contributed by atoms with Crippen molar-refractivity contribution < 1.29 is 0 Å². The van der Waals surface area contributed by atoms with Gasteiger partial charge in [-0.2, -0.15) is 0 Å². The number of aromatic nitrogens is 4. The Balaban J connectivity index is 1.18. The van der Waals surface area contributed by atoms with Crippen molar-refractivity contribution in [2.45, 2.75) is 26.2 Å². The van der Waals surface area contributed by atoms with E-state index in [0.29, 0.717) is 17.5 Å². The fourth-order valence-corrected chi connectivity index (χ4v) is 9.01. The lowest BCUT2D eigenvalue weighted by atomic mass is 10.00. The molecule has 0 saturated carbocycles. The molecule has 0 aliphatic rings. The van der Waals surface area contributed by atoms with Crippen molar-refractivity contribution in [1.82, 2.24) is 19.5 Å². The average molecular weight is 713 g/mol. The summed E-state index contributed by atoms with van der Waals surface area (Å²) in [5, 5.41) is 5.10. The first-order chi connectivity index (χ1) is 26.7. The summed E-state index contributed by atoms with van der Waals surface area (Å²) in [5.41, 5.74) is 10.0. The zero-order valence-corrected chi connectivity index (χ0v) is 30.7. The van der Waals surface area contributed by atoms with E-state index in [2.05, 4.69) is 139 Å². The van der Waals surface area contributed by atoms with Gasteiger partial charge in [-0.15, -0.1) is 11.3 Å². The molecule has 0 aliphatic carbocycles. The van der Waals surface area contributed by atoms with Gasteiger partial charge in [-0.3, -0.25) is 0 Å². The molecular formula is C49H36N4S. The molecule has 10 rings (SSSR count). The Morgan fingerprint density at radius 2 is 1.13 bits per heavy atom. The van der Waals surface area contributed by atoms with Crippen molar-refractivity contribution in [2.24, 2.45) is 0 Å². The summed E-state index contributed by atoms with van der Waals surface area (Å²) in [5.74, 6) is 1.93. The standard InChI is InChI=1S/C49H36N4S/c1-2-3-15-32-26-29-45-41(30-32)39-23-14-22-36(46(39)54-45)35-27-28-38-37-20-10-12-24-42(37)53(44(38)31-35)43-25-13-11-21-40(43)49-51-47(33-16-6-4-7-17-33)50-48(52-49)34-18-8-5-9-19-34/h4-14,16-31H,2-3,15H2,1H3. The summed E-state index contributed by atoms with van der Waals surface area (Å²) in [6.07, 6.45) is 3.54. The average Bonchev–Trinajstić information content (AvgIpc) is 3.78. The molecule has 4 nitrogen and oxygen atoms in total. The first kappa shape index (κ1) is 32.2. The second-order valence-electron chi connectivity index (χ2n) is 13.9. The van der Waals surface area contributed by atoms with Gasteiger partial charge in [0.2, 0.25) is 0 Å². The fourth-order valence-electron chi connectivity index (χ4n) is 7.79. The highest BCUT2D eigenvalue weighted by Gasteiger charge is 2.20. The van der Waals surface area contributed by atoms with Crippen molar-refractivity contribution in [3.05, 3.63) is 169 Å². The van der Waals surface area contributed by atoms with Crippen LogP contribution in [0.1, 0.15) is 25.3 Å². The van der Waals surface area contributed by atoms with Crippen molar-refractivity contribution in [3.63, 3.8) is 0 Å². The molecular weight excluding hydrogens is 677 g/mol. The van der Waals surface area contributed by atoms with Crippen molar-refractivity contribution >= 4 is 53.3 Å². The largest absolute Gasteiger partial charge is 0.308 e. The van der Waals surface area contributed by atoms with Crippen LogP contribution in [0.2, 0.25) is 0 Å². The van der Waals surface area contributed by atoms with Gasteiger partial charge in [0.25, 0.3) is 0 Å². The van der Waals surface area contributed by atoms with Gasteiger partial charge in [0, 0.05) is 47.6 Å². The summed E-state index contributed by atoms with van der Waals surface area (Å²) in [6, 6.07) is 58.3. The van der Waals surface area contributed by atoms with Gasteiger partial charge >= 0.3 is 0 Å². The van der Waals surface area contributed by atoms with Crippen LogP contribution < -0.4 is 0 Å². The molecule has 258 valence electrons.